The molecule has 3 aromatic rings. The van der Waals surface area contributed by atoms with Crippen molar-refractivity contribution in [3.05, 3.63) is 60.6 Å². The minimum atomic E-state index is 0. The second-order valence-electron chi connectivity index (χ2n) is 6.51. The molecule has 0 saturated heterocycles. The van der Waals surface area contributed by atoms with E-state index in [9.17, 15) is 4.79 Å². The number of carbonyl (C=O) groups excluding carboxylic acids is 1. The van der Waals surface area contributed by atoms with Gasteiger partial charge in [0, 0.05) is 24.5 Å². The Morgan fingerprint density at radius 1 is 1.03 bits per heavy atom. The molecule has 6 nitrogen and oxygen atoms in total. The Balaban J connectivity index is 0.00000210. The van der Waals surface area contributed by atoms with Gasteiger partial charge in [0.2, 0.25) is 5.91 Å². The third kappa shape index (κ3) is 7.93. The van der Waals surface area contributed by atoms with Crippen LogP contribution < -0.4 is 15.8 Å². The topological polar surface area (TPSA) is 81.7 Å². The van der Waals surface area contributed by atoms with E-state index in [1.54, 1.807) is 0 Å². The van der Waals surface area contributed by atoms with Crippen LogP contribution in [0.3, 0.4) is 0 Å². The van der Waals surface area contributed by atoms with Crippen LogP contribution in [0.5, 0.6) is 5.75 Å². The molecule has 8 heteroatoms. The van der Waals surface area contributed by atoms with Crippen LogP contribution in [0.1, 0.15) is 37.8 Å². The molecule has 0 spiro atoms. The van der Waals surface area contributed by atoms with Crippen molar-refractivity contribution in [1.29, 1.82) is 0 Å². The second kappa shape index (κ2) is 13.0. The molecule has 0 fully saturated rings. The second-order valence-corrected chi connectivity index (χ2v) is 6.51. The number of carbonyl (C=O) groups is 1. The molecule has 0 aliphatic rings. The summed E-state index contributed by atoms with van der Waals surface area (Å²) in [6, 6.07) is 13.3. The number of fused-ring (bicyclic) bond motifs is 1. The number of halogens is 2. The molecule has 0 radical (unpaired) electrons. The molecule has 3 rings (SSSR count). The number of nitrogens with one attached hydrogen (secondary N) is 1. The zero-order valence-electron chi connectivity index (χ0n) is 16.3. The lowest BCUT2D eigenvalue weighted by molar-refractivity contribution is -0.116. The SMILES string of the molecule is Cl.Cl.NCCCCCCC(=O)Nc1ccc(OCc2cn3ccccc3n2)cc1. The maximum atomic E-state index is 11.9. The van der Waals surface area contributed by atoms with E-state index in [1.807, 2.05) is 59.3 Å². The Hall–Kier alpha value is -2.28. The van der Waals surface area contributed by atoms with Crippen molar-refractivity contribution < 1.29 is 9.53 Å². The number of ether oxygens (including phenoxy) is 1. The lowest BCUT2D eigenvalue weighted by atomic mass is 10.1. The molecule has 158 valence electrons. The summed E-state index contributed by atoms with van der Waals surface area (Å²) in [6.07, 6.45) is 8.50. The number of imidazole rings is 1. The van der Waals surface area contributed by atoms with E-state index >= 15 is 0 Å². The molecule has 2 heterocycles. The zero-order valence-corrected chi connectivity index (χ0v) is 17.9. The van der Waals surface area contributed by atoms with Gasteiger partial charge in [-0.1, -0.05) is 18.9 Å². The summed E-state index contributed by atoms with van der Waals surface area (Å²) in [5.74, 6) is 0.785. The van der Waals surface area contributed by atoms with Crippen LogP contribution in [0.25, 0.3) is 5.65 Å². The van der Waals surface area contributed by atoms with Gasteiger partial charge in [0.1, 0.15) is 18.0 Å². The summed E-state index contributed by atoms with van der Waals surface area (Å²) in [5, 5.41) is 2.92. The van der Waals surface area contributed by atoms with E-state index < -0.39 is 0 Å². The van der Waals surface area contributed by atoms with Gasteiger partial charge in [0.25, 0.3) is 0 Å². The van der Waals surface area contributed by atoms with E-state index in [4.69, 9.17) is 10.5 Å². The van der Waals surface area contributed by atoms with E-state index in [2.05, 4.69) is 10.3 Å². The number of pyridine rings is 1. The summed E-state index contributed by atoms with van der Waals surface area (Å²) >= 11 is 0. The Kier molecular flexibility index (Phi) is 11.1. The first-order chi connectivity index (χ1) is 13.2. The van der Waals surface area contributed by atoms with Crippen molar-refractivity contribution in [1.82, 2.24) is 9.38 Å². The van der Waals surface area contributed by atoms with Gasteiger partial charge in [-0.05, 0) is 55.8 Å². The van der Waals surface area contributed by atoms with E-state index in [0.717, 1.165) is 55.0 Å². The fraction of sp³-hybridized carbons (Fsp3) is 0.333. The van der Waals surface area contributed by atoms with Crippen LogP contribution in [-0.4, -0.2) is 21.8 Å². The van der Waals surface area contributed by atoms with Crippen LogP contribution >= 0.6 is 24.8 Å². The van der Waals surface area contributed by atoms with E-state index in [-0.39, 0.29) is 30.7 Å². The molecular formula is C21H28Cl2N4O2. The molecule has 3 N–H and O–H groups in total. The van der Waals surface area contributed by atoms with Crippen molar-refractivity contribution in [2.45, 2.75) is 38.7 Å². The van der Waals surface area contributed by atoms with Gasteiger partial charge in [-0.15, -0.1) is 24.8 Å². The third-order valence-corrected chi connectivity index (χ3v) is 4.30. The molecule has 1 amide bonds. The first-order valence-electron chi connectivity index (χ1n) is 9.40. The Morgan fingerprint density at radius 3 is 2.52 bits per heavy atom. The van der Waals surface area contributed by atoms with Gasteiger partial charge in [0.05, 0.1) is 5.69 Å². The Labute approximate surface area is 183 Å². The molecule has 0 aliphatic carbocycles. The standard InChI is InChI=1S/C21H26N4O2.2ClH/c22-13-5-2-1-3-8-21(26)24-17-9-11-19(12-10-17)27-16-18-15-25-14-6-4-7-20(25)23-18;;/h4,6-7,9-12,14-15H,1-3,5,8,13,16,22H2,(H,24,26);2*1H. The number of hydrogen-bond donors (Lipinski definition) is 2. The number of rotatable bonds is 10. The molecule has 0 atom stereocenters. The summed E-state index contributed by atoms with van der Waals surface area (Å²) in [5.41, 5.74) is 8.01. The molecule has 0 aliphatic heterocycles. The Morgan fingerprint density at radius 2 is 1.79 bits per heavy atom. The fourth-order valence-electron chi connectivity index (χ4n) is 2.86. The van der Waals surface area contributed by atoms with Gasteiger partial charge < -0.3 is 20.2 Å². The normalized spacial score (nSPS) is 10.1. The third-order valence-electron chi connectivity index (χ3n) is 4.30. The smallest absolute Gasteiger partial charge is 0.224 e. The van der Waals surface area contributed by atoms with Crippen LogP contribution in [-0.2, 0) is 11.4 Å². The molecule has 2 aromatic heterocycles. The van der Waals surface area contributed by atoms with Crippen LogP contribution in [0.15, 0.2) is 54.9 Å². The van der Waals surface area contributed by atoms with Crippen molar-refractivity contribution in [2.75, 3.05) is 11.9 Å². The number of nitrogens with two attached hydrogens (primary N) is 1. The Bertz CT molecular complexity index is 836. The number of nitrogens with zero attached hydrogens (tertiary/aromatic N) is 2. The van der Waals surface area contributed by atoms with Gasteiger partial charge in [0.15, 0.2) is 0 Å². The molecule has 0 bridgehead atoms. The number of unbranched alkanes of at least 4 members (excludes halogenated alkanes) is 3. The molecule has 0 unspecified atom stereocenters. The van der Waals surface area contributed by atoms with Gasteiger partial charge in [-0.3, -0.25) is 4.79 Å². The number of hydrogen-bond acceptors (Lipinski definition) is 4. The van der Waals surface area contributed by atoms with Crippen molar-refractivity contribution in [3.8, 4) is 5.75 Å². The van der Waals surface area contributed by atoms with Gasteiger partial charge >= 0.3 is 0 Å². The first-order valence-corrected chi connectivity index (χ1v) is 9.40. The highest BCUT2D eigenvalue weighted by molar-refractivity contribution is 5.90. The number of aromatic nitrogens is 2. The van der Waals surface area contributed by atoms with Crippen LogP contribution in [0, 0.1) is 0 Å². The lowest BCUT2D eigenvalue weighted by Crippen LogP contribution is -2.11. The van der Waals surface area contributed by atoms with Gasteiger partial charge in [-0.25, -0.2) is 4.98 Å². The van der Waals surface area contributed by atoms with Gasteiger partial charge in [-0.2, -0.15) is 0 Å². The maximum Gasteiger partial charge on any atom is 0.224 e. The average molecular weight is 439 g/mol. The first kappa shape index (κ1) is 24.8. The fourth-order valence-corrected chi connectivity index (χ4v) is 2.86. The monoisotopic (exact) mass is 438 g/mol. The van der Waals surface area contributed by atoms with E-state index in [0.29, 0.717) is 13.0 Å². The van der Waals surface area contributed by atoms with Crippen molar-refractivity contribution >= 4 is 42.1 Å². The number of amides is 1. The lowest BCUT2D eigenvalue weighted by Gasteiger charge is -2.07. The maximum absolute atomic E-state index is 11.9. The predicted molar refractivity (Wildman–Crippen MR) is 121 cm³/mol. The minimum Gasteiger partial charge on any atom is -0.487 e. The molecule has 1 aromatic carbocycles. The quantitative estimate of drug-likeness (QED) is 0.452. The molecule has 0 saturated carbocycles. The zero-order chi connectivity index (χ0) is 18.9. The molecular weight excluding hydrogens is 411 g/mol. The highest BCUT2D eigenvalue weighted by atomic mass is 35.5. The van der Waals surface area contributed by atoms with Crippen LogP contribution in [0.2, 0.25) is 0 Å². The summed E-state index contributed by atoms with van der Waals surface area (Å²) < 4.78 is 7.75. The number of anilines is 1. The average Bonchev–Trinajstić information content (AvgIpc) is 3.10. The highest BCUT2D eigenvalue weighted by Gasteiger charge is 2.04. The predicted octanol–water partition coefficient (Wildman–Crippen LogP) is 4.60. The van der Waals surface area contributed by atoms with Crippen molar-refractivity contribution in [2.24, 2.45) is 5.73 Å². The summed E-state index contributed by atoms with van der Waals surface area (Å²) in [4.78, 5) is 16.5. The largest absolute Gasteiger partial charge is 0.487 e. The number of benzene rings is 1. The minimum absolute atomic E-state index is 0. The summed E-state index contributed by atoms with van der Waals surface area (Å²) in [7, 11) is 0. The van der Waals surface area contributed by atoms with E-state index in [1.165, 1.54) is 0 Å². The highest BCUT2D eigenvalue weighted by Crippen LogP contribution is 2.18. The molecule has 29 heavy (non-hydrogen) atoms. The van der Waals surface area contributed by atoms with Crippen LogP contribution in [0.4, 0.5) is 5.69 Å². The van der Waals surface area contributed by atoms with Crippen molar-refractivity contribution in [3.63, 3.8) is 0 Å². The summed E-state index contributed by atoms with van der Waals surface area (Å²) in [6.45, 7) is 1.12.